The number of hydrogen-bond acceptors (Lipinski definition) is 5. The molecular formula is C20H23FN8. The molecule has 3 aromatic rings. The maximum Gasteiger partial charge on any atom is 0.191 e. The lowest BCUT2D eigenvalue weighted by atomic mass is 10.2. The van der Waals surface area contributed by atoms with Crippen LogP contribution in [-0.2, 0) is 6.54 Å². The molecule has 1 saturated heterocycles. The third-order valence-corrected chi connectivity index (χ3v) is 4.83. The van der Waals surface area contributed by atoms with Crippen molar-refractivity contribution in [1.82, 2.24) is 30.2 Å². The van der Waals surface area contributed by atoms with Gasteiger partial charge in [0, 0.05) is 57.5 Å². The number of halogens is 1. The number of hydrogen-bond donors (Lipinski definition) is 2. The van der Waals surface area contributed by atoms with Crippen LogP contribution in [-0.4, -0.2) is 51.7 Å². The molecule has 150 valence electrons. The molecule has 1 aliphatic heterocycles. The van der Waals surface area contributed by atoms with Crippen LogP contribution in [0.5, 0.6) is 0 Å². The Morgan fingerprint density at radius 3 is 2.93 bits per heavy atom. The molecule has 0 spiro atoms. The van der Waals surface area contributed by atoms with Gasteiger partial charge in [0.05, 0.1) is 0 Å². The van der Waals surface area contributed by atoms with Crippen LogP contribution in [0.4, 0.5) is 10.2 Å². The Morgan fingerprint density at radius 1 is 1.28 bits per heavy atom. The molecule has 4 heterocycles. The van der Waals surface area contributed by atoms with E-state index in [1.165, 1.54) is 6.07 Å². The molecule has 2 N–H and O–H groups in total. The number of pyridine rings is 2. The number of aromatic nitrogens is 4. The fourth-order valence-corrected chi connectivity index (χ4v) is 3.32. The summed E-state index contributed by atoms with van der Waals surface area (Å²) in [5, 5.41) is 6.71. The van der Waals surface area contributed by atoms with Crippen LogP contribution in [0.15, 0.2) is 60.4 Å². The summed E-state index contributed by atoms with van der Waals surface area (Å²) in [6, 6.07) is 7.18. The summed E-state index contributed by atoms with van der Waals surface area (Å²) in [6.07, 6.45) is 9.63. The van der Waals surface area contributed by atoms with E-state index in [0.717, 1.165) is 24.3 Å². The molecule has 0 aliphatic carbocycles. The summed E-state index contributed by atoms with van der Waals surface area (Å²) < 4.78 is 15.8. The molecule has 0 aromatic carbocycles. The van der Waals surface area contributed by atoms with E-state index in [9.17, 15) is 4.39 Å². The standard InChI is InChI=1S/C20H23FN8/c1-22-20(26-12-15-4-5-18(25-11-15)29-10-8-23-14-29)27-16-6-9-28(13-16)19-17(21)3-2-7-24-19/h2-5,7-8,10-11,14,16H,6,9,12-13H2,1H3,(H2,22,26,27). The summed E-state index contributed by atoms with van der Waals surface area (Å²) in [7, 11) is 1.74. The lowest BCUT2D eigenvalue weighted by Crippen LogP contribution is -2.44. The van der Waals surface area contributed by atoms with Gasteiger partial charge >= 0.3 is 0 Å². The topological polar surface area (TPSA) is 83.3 Å². The van der Waals surface area contributed by atoms with Crippen molar-refractivity contribution < 1.29 is 4.39 Å². The summed E-state index contributed by atoms with van der Waals surface area (Å²) in [5.41, 5.74) is 1.04. The second kappa shape index (κ2) is 8.68. The number of anilines is 1. The molecule has 0 saturated carbocycles. The van der Waals surface area contributed by atoms with Gasteiger partial charge in [-0.15, -0.1) is 0 Å². The molecule has 0 radical (unpaired) electrons. The molecule has 4 rings (SSSR count). The highest BCUT2D eigenvalue weighted by molar-refractivity contribution is 5.80. The summed E-state index contributed by atoms with van der Waals surface area (Å²) in [4.78, 5) is 18.9. The van der Waals surface area contributed by atoms with Crippen LogP contribution in [0, 0.1) is 5.82 Å². The van der Waals surface area contributed by atoms with Crippen molar-refractivity contribution in [3.05, 3.63) is 66.8 Å². The lowest BCUT2D eigenvalue weighted by molar-refractivity contribution is 0.612. The van der Waals surface area contributed by atoms with Crippen LogP contribution in [0.25, 0.3) is 5.82 Å². The third kappa shape index (κ3) is 4.50. The molecule has 1 unspecified atom stereocenters. The predicted octanol–water partition coefficient (Wildman–Crippen LogP) is 1.75. The highest BCUT2D eigenvalue weighted by Crippen LogP contribution is 2.20. The van der Waals surface area contributed by atoms with Crippen molar-refractivity contribution in [2.24, 2.45) is 4.99 Å². The van der Waals surface area contributed by atoms with E-state index in [4.69, 9.17) is 0 Å². The minimum Gasteiger partial charge on any atom is -0.352 e. The average molecular weight is 394 g/mol. The quantitative estimate of drug-likeness (QED) is 0.507. The molecular weight excluding hydrogens is 371 g/mol. The van der Waals surface area contributed by atoms with Gasteiger partial charge in [-0.1, -0.05) is 6.07 Å². The lowest BCUT2D eigenvalue weighted by Gasteiger charge is -2.20. The first-order valence-electron chi connectivity index (χ1n) is 9.49. The highest BCUT2D eigenvalue weighted by atomic mass is 19.1. The van der Waals surface area contributed by atoms with Crippen molar-refractivity contribution in [1.29, 1.82) is 0 Å². The molecule has 3 aromatic heterocycles. The minimum absolute atomic E-state index is 0.171. The average Bonchev–Trinajstić information content (AvgIpc) is 3.44. The first kappa shape index (κ1) is 18.9. The van der Waals surface area contributed by atoms with Crippen molar-refractivity contribution in [2.75, 3.05) is 25.0 Å². The monoisotopic (exact) mass is 394 g/mol. The number of imidazole rings is 1. The predicted molar refractivity (Wildman–Crippen MR) is 110 cm³/mol. The Hall–Kier alpha value is -3.49. The number of aliphatic imine (C=N–C) groups is 1. The van der Waals surface area contributed by atoms with E-state index in [2.05, 4.69) is 30.6 Å². The number of rotatable bonds is 5. The van der Waals surface area contributed by atoms with Gasteiger partial charge in [0.15, 0.2) is 17.6 Å². The Morgan fingerprint density at radius 2 is 2.21 bits per heavy atom. The van der Waals surface area contributed by atoms with Crippen LogP contribution in [0.3, 0.4) is 0 Å². The summed E-state index contributed by atoms with van der Waals surface area (Å²) in [5.74, 6) is 1.64. The van der Waals surface area contributed by atoms with E-state index in [0.29, 0.717) is 24.9 Å². The Kier molecular flexibility index (Phi) is 5.64. The molecule has 1 aliphatic rings. The molecule has 9 heteroatoms. The van der Waals surface area contributed by atoms with Crippen LogP contribution in [0.1, 0.15) is 12.0 Å². The zero-order chi connectivity index (χ0) is 20.1. The Balaban J connectivity index is 1.29. The van der Waals surface area contributed by atoms with Crippen LogP contribution >= 0.6 is 0 Å². The van der Waals surface area contributed by atoms with Crippen molar-refractivity contribution in [3.8, 4) is 5.82 Å². The number of guanidine groups is 1. The van der Waals surface area contributed by atoms with Gasteiger partial charge in [-0.25, -0.2) is 19.3 Å². The Bertz CT molecular complexity index is 955. The van der Waals surface area contributed by atoms with Gasteiger partial charge in [0.1, 0.15) is 12.1 Å². The smallest absolute Gasteiger partial charge is 0.191 e. The third-order valence-electron chi connectivity index (χ3n) is 4.83. The van der Waals surface area contributed by atoms with Gasteiger partial charge in [0.2, 0.25) is 0 Å². The molecule has 29 heavy (non-hydrogen) atoms. The highest BCUT2D eigenvalue weighted by Gasteiger charge is 2.25. The second-order valence-corrected chi connectivity index (χ2v) is 6.81. The van der Waals surface area contributed by atoms with Crippen molar-refractivity contribution in [2.45, 2.75) is 19.0 Å². The summed E-state index contributed by atoms with van der Waals surface area (Å²) >= 11 is 0. The van der Waals surface area contributed by atoms with E-state index in [-0.39, 0.29) is 11.9 Å². The minimum atomic E-state index is -0.290. The Labute approximate surface area is 168 Å². The van der Waals surface area contributed by atoms with E-state index in [1.54, 1.807) is 31.8 Å². The van der Waals surface area contributed by atoms with E-state index < -0.39 is 0 Å². The van der Waals surface area contributed by atoms with Gasteiger partial charge in [0.25, 0.3) is 0 Å². The van der Waals surface area contributed by atoms with Crippen LogP contribution < -0.4 is 15.5 Å². The SMILES string of the molecule is CN=C(NCc1ccc(-n2ccnc2)nc1)NC1CCN(c2ncccc2F)C1. The van der Waals surface area contributed by atoms with Crippen molar-refractivity contribution in [3.63, 3.8) is 0 Å². The fourth-order valence-electron chi connectivity index (χ4n) is 3.32. The zero-order valence-electron chi connectivity index (χ0n) is 16.2. The summed E-state index contributed by atoms with van der Waals surface area (Å²) in [6.45, 7) is 2.03. The molecule has 0 amide bonds. The molecule has 1 atom stereocenters. The fraction of sp³-hybridized carbons (Fsp3) is 0.300. The van der Waals surface area contributed by atoms with Gasteiger partial charge in [-0.05, 0) is 30.2 Å². The molecule has 8 nitrogen and oxygen atoms in total. The normalized spacial score (nSPS) is 16.8. The maximum atomic E-state index is 14.0. The maximum absolute atomic E-state index is 14.0. The van der Waals surface area contributed by atoms with Crippen LogP contribution in [0.2, 0.25) is 0 Å². The molecule has 0 bridgehead atoms. The van der Waals surface area contributed by atoms with E-state index in [1.807, 2.05) is 34.0 Å². The second-order valence-electron chi connectivity index (χ2n) is 6.81. The molecule has 1 fully saturated rings. The largest absolute Gasteiger partial charge is 0.352 e. The van der Waals surface area contributed by atoms with Gasteiger partial charge in [-0.3, -0.25) is 9.56 Å². The number of nitrogens with one attached hydrogen (secondary N) is 2. The number of nitrogens with zero attached hydrogens (tertiary/aromatic N) is 6. The van der Waals surface area contributed by atoms with Gasteiger partial charge in [-0.2, -0.15) is 0 Å². The first-order valence-corrected chi connectivity index (χ1v) is 9.49. The van der Waals surface area contributed by atoms with Crippen molar-refractivity contribution >= 4 is 11.8 Å². The van der Waals surface area contributed by atoms with Gasteiger partial charge < -0.3 is 15.5 Å². The first-order chi connectivity index (χ1) is 14.2. The zero-order valence-corrected chi connectivity index (χ0v) is 16.2. The van der Waals surface area contributed by atoms with E-state index >= 15 is 0 Å².